The highest BCUT2D eigenvalue weighted by Gasteiger charge is 2.22. The van der Waals surface area contributed by atoms with Crippen molar-refractivity contribution >= 4 is 5.95 Å². The average molecular weight is 193 g/mol. The molecule has 0 unspecified atom stereocenters. The van der Waals surface area contributed by atoms with Crippen molar-refractivity contribution in [3.8, 4) is 0 Å². The molecule has 1 aromatic heterocycles. The molecule has 1 heterocycles. The summed E-state index contributed by atoms with van der Waals surface area (Å²) in [4.78, 5) is 4.33. The van der Waals surface area contributed by atoms with Crippen LogP contribution in [0.25, 0.3) is 0 Å². The predicted octanol–water partition coefficient (Wildman–Crippen LogP) is 2.50. The van der Waals surface area contributed by atoms with Gasteiger partial charge in [0.2, 0.25) is 5.95 Å². The summed E-state index contributed by atoms with van der Waals surface area (Å²) in [5.41, 5.74) is 0. The summed E-state index contributed by atoms with van der Waals surface area (Å²) >= 11 is 0. The van der Waals surface area contributed by atoms with E-state index in [9.17, 15) is 0 Å². The van der Waals surface area contributed by atoms with Crippen molar-refractivity contribution in [2.24, 2.45) is 5.92 Å². The van der Waals surface area contributed by atoms with Crippen LogP contribution in [0.3, 0.4) is 0 Å². The third kappa shape index (κ3) is 2.50. The third-order valence-corrected chi connectivity index (χ3v) is 2.57. The van der Waals surface area contributed by atoms with E-state index in [0.717, 1.165) is 18.4 Å². The van der Waals surface area contributed by atoms with Gasteiger partial charge in [-0.1, -0.05) is 13.8 Å². The number of aromatic nitrogens is 2. The van der Waals surface area contributed by atoms with Gasteiger partial charge in [-0.2, -0.15) is 0 Å². The van der Waals surface area contributed by atoms with Crippen molar-refractivity contribution in [1.82, 2.24) is 9.55 Å². The minimum absolute atomic E-state index is 0.690. The van der Waals surface area contributed by atoms with E-state index in [1.54, 1.807) is 0 Å². The minimum Gasteiger partial charge on any atom is -0.353 e. The molecule has 78 valence electrons. The normalized spacial score (nSPS) is 16.2. The Morgan fingerprint density at radius 3 is 3.00 bits per heavy atom. The SMILES string of the molecule is CC(C)CCn1ccnc1NC1CC1. The van der Waals surface area contributed by atoms with E-state index in [4.69, 9.17) is 0 Å². The second-order valence-corrected chi connectivity index (χ2v) is 4.55. The van der Waals surface area contributed by atoms with E-state index in [1.165, 1.54) is 19.3 Å². The Morgan fingerprint density at radius 1 is 1.57 bits per heavy atom. The van der Waals surface area contributed by atoms with Crippen LogP contribution in [0, 0.1) is 5.92 Å². The third-order valence-electron chi connectivity index (χ3n) is 2.57. The van der Waals surface area contributed by atoms with Gasteiger partial charge in [0, 0.05) is 25.0 Å². The molecule has 14 heavy (non-hydrogen) atoms. The second kappa shape index (κ2) is 4.03. The van der Waals surface area contributed by atoms with Gasteiger partial charge < -0.3 is 9.88 Å². The number of imidazole rings is 1. The maximum atomic E-state index is 4.33. The number of rotatable bonds is 5. The molecule has 3 heteroatoms. The molecule has 1 aliphatic carbocycles. The smallest absolute Gasteiger partial charge is 0.202 e. The quantitative estimate of drug-likeness (QED) is 0.778. The van der Waals surface area contributed by atoms with E-state index in [-0.39, 0.29) is 0 Å². The number of nitrogens with zero attached hydrogens (tertiary/aromatic N) is 2. The van der Waals surface area contributed by atoms with E-state index in [2.05, 4.69) is 34.9 Å². The highest BCUT2D eigenvalue weighted by molar-refractivity contribution is 5.29. The van der Waals surface area contributed by atoms with Crippen molar-refractivity contribution in [1.29, 1.82) is 0 Å². The van der Waals surface area contributed by atoms with Gasteiger partial charge in [0.25, 0.3) is 0 Å². The van der Waals surface area contributed by atoms with Crippen LogP contribution in [0.15, 0.2) is 12.4 Å². The fourth-order valence-electron chi connectivity index (χ4n) is 1.44. The largest absolute Gasteiger partial charge is 0.353 e. The summed E-state index contributed by atoms with van der Waals surface area (Å²) < 4.78 is 2.22. The lowest BCUT2D eigenvalue weighted by Gasteiger charge is -2.10. The molecule has 0 aromatic carbocycles. The summed E-state index contributed by atoms with van der Waals surface area (Å²) in [5.74, 6) is 1.80. The predicted molar refractivity (Wildman–Crippen MR) is 58.3 cm³/mol. The van der Waals surface area contributed by atoms with E-state index in [0.29, 0.717) is 6.04 Å². The van der Waals surface area contributed by atoms with Crippen LogP contribution in [-0.4, -0.2) is 15.6 Å². The minimum atomic E-state index is 0.690. The monoisotopic (exact) mass is 193 g/mol. The molecular weight excluding hydrogens is 174 g/mol. The number of hydrogen-bond donors (Lipinski definition) is 1. The van der Waals surface area contributed by atoms with Gasteiger partial charge in [-0.05, 0) is 25.2 Å². The molecule has 1 fully saturated rings. The number of hydrogen-bond acceptors (Lipinski definition) is 2. The summed E-state index contributed by atoms with van der Waals surface area (Å²) in [7, 11) is 0. The summed E-state index contributed by atoms with van der Waals surface area (Å²) in [6.45, 7) is 5.59. The van der Waals surface area contributed by atoms with Crippen LogP contribution >= 0.6 is 0 Å². The van der Waals surface area contributed by atoms with Gasteiger partial charge in [-0.15, -0.1) is 0 Å². The van der Waals surface area contributed by atoms with Crippen molar-refractivity contribution < 1.29 is 0 Å². The maximum Gasteiger partial charge on any atom is 0.202 e. The molecule has 1 N–H and O–H groups in total. The van der Waals surface area contributed by atoms with Crippen LogP contribution in [0.1, 0.15) is 33.1 Å². The van der Waals surface area contributed by atoms with Gasteiger partial charge in [-0.25, -0.2) is 4.98 Å². The van der Waals surface area contributed by atoms with Crippen molar-refractivity contribution in [3.05, 3.63) is 12.4 Å². The van der Waals surface area contributed by atoms with E-state index in [1.807, 2.05) is 6.20 Å². The lowest BCUT2D eigenvalue weighted by atomic mass is 10.1. The summed E-state index contributed by atoms with van der Waals surface area (Å²) in [6, 6.07) is 0.690. The maximum absolute atomic E-state index is 4.33. The number of aryl methyl sites for hydroxylation is 1. The first kappa shape index (κ1) is 9.56. The van der Waals surface area contributed by atoms with Gasteiger partial charge in [0.05, 0.1) is 0 Å². The van der Waals surface area contributed by atoms with Crippen molar-refractivity contribution in [3.63, 3.8) is 0 Å². The molecule has 1 aliphatic rings. The molecule has 0 spiro atoms. The van der Waals surface area contributed by atoms with Crippen molar-refractivity contribution in [2.45, 2.75) is 45.7 Å². The Balaban J connectivity index is 1.90. The van der Waals surface area contributed by atoms with E-state index < -0.39 is 0 Å². The highest BCUT2D eigenvalue weighted by atomic mass is 15.2. The molecule has 0 aliphatic heterocycles. The first-order chi connectivity index (χ1) is 6.75. The average Bonchev–Trinajstić information content (AvgIpc) is 2.81. The zero-order chi connectivity index (χ0) is 9.97. The summed E-state index contributed by atoms with van der Waals surface area (Å²) in [5, 5.41) is 3.44. The molecular formula is C11H19N3. The molecule has 3 nitrogen and oxygen atoms in total. The first-order valence-corrected chi connectivity index (χ1v) is 5.53. The Morgan fingerprint density at radius 2 is 2.36 bits per heavy atom. The Hall–Kier alpha value is -0.990. The van der Waals surface area contributed by atoms with Gasteiger partial charge in [-0.3, -0.25) is 0 Å². The summed E-state index contributed by atoms with van der Waals surface area (Å²) in [6.07, 6.45) is 7.77. The number of nitrogens with one attached hydrogen (secondary N) is 1. The molecule has 2 rings (SSSR count). The lowest BCUT2D eigenvalue weighted by Crippen LogP contribution is -2.09. The molecule has 1 aromatic rings. The van der Waals surface area contributed by atoms with Gasteiger partial charge in [0.15, 0.2) is 0 Å². The standard InChI is InChI=1S/C11H19N3/c1-9(2)5-7-14-8-6-12-11(14)13-10-3-4-10/h6,8-10H,3-5,7H2,1-2H3,(H,12,13). The molecule has 1 saturated carbocycles. The molecule has 0 saturated heterocycles. The van der Waals surface area contributed by atoms with Crippen LogP contribution in [0.2, 0.25) is 0 Å². The van der Waals surface area contributed by atoms with Gasteiger partial charge in [0.1, 0.15) is 0 Å². The second-order valence-electron chi connectivity index (χ2n) is 4.55. The lowest BCUT2D eigenvalue weighted by molar-refractivity contribution is 0.518. The Kier molecular flexibility index (Phi) is 2.75. The topological polar surface area (TPSA) is 29.9 Å². The van der Waals surface area contributed by atoms with Crippen LogP contribution in [-0.2, 0) is 6.54 Å². The van der Waals surface area contributed by atoms with Crippen LogP contribution in [0.5, 0.6) is 0 Å². The van der Waals surface area contributed by atoms with Gasteiger partial charge >= 0.3 is 0 Å². The number of anilines is 1. The van der Waals surface area contributed by atoms with Crippen LogP contribution in [0.4, 0.5) is 5.95 Å². The highest BCUT2D eigenvalue weighted by Crippen LogP contribution is 2.23. The first-order valence-electron chi connectivity index (χ1n) is 5.53. The molecule has 0 radical (unpaired) electrons. The fourth-order valence-corrected chi connectivity index (χ4v) is 1.44. The van der Waals surface area contributed by atoms with Crippen LogP contribution < -0.4 is 5.32 Å². The molecule has 0 amide bonds. The molecule has 0 bridgehead atoms. The Bertz CT molecular complexity index is 286. The van der Waals surface area contributed by atoms with Crippen molar-refractivity contribution in [2.75, 3.05) is 5.32 Å². The zero-order valence-electron chi connectivity index (χ0n) is 9.03. The zero-order valence-corrected chi connectivity index (χ0v) is 9.03. The Labute approximate surface area is 85.5 Å². The molecule has 0 atom stereocenters. The fraction of sp³-hybridized carbons (Fsp3) is 0.727. The van der Waals surface area contributed by atoms with E-state index >= 15 is 0 Å².